The molecule has 1 aliphatic heterocycles. The molecular weight excluding hydrogens is 366 g/mol. The van der Waals surface area contributed by atoms with Gasteiger partial charge in [0.2, 0.25) is 5.91 Å². The number of likely N-dealkylation sites (N-methyl/N-ethyl adjacent to an activating group) is 1. The molecule has 2 N–H and O–H groups in total. The van der Waals surface area contributed by atoms with E-state index in [1.807, 2.05) is 19.9 Å². The monoisotopic (exact) mass is 399 g/mol. The number of nitrogens with zero attached hydrogens (tertiary/aromatic N) is 1. The fourth-order valence-electron chi connectivity index (χ4n) is 4.45. The van der Waals surface area contributed by atoms with Gasteiger partial charge in [-0.1, -0.05) is 6.08 Å². The number of carbonyl (C=O) groups excluding carboxylic acids is 1. The summed E-state index contributed by atoms with van der Waals surface area (Å²) >= 11 is 0. The molecule has 1 saturated heterocycles. The van der Waals surface area contributed by atoms with Gasteiger partial charge in [-0.2, -0.15) is 0 Å². The molecule has 1 amide bonds. The summed E-state index contributed by atoms with van der Waals surface area (Å²) in [5.74, 6) is -0.222. The minimum atomic E-state index is -0.200. The first-order chi connectivity index (χ1) is 13.9. The van der Waals surface area contributed by atoms with Gasteiger partial charge < -0.3 is 19.9 Å². The van der Waals surface area contributed by atoms with Crippen molar-refractivity contribution in [3.8, 4) is 0 Å². The molecule has 1 unspecified atom stereocenters. The van der Waals surface area contributed by atoms with Crippen molar-refractivity contribution in [2.24, 2.45) is 5.92 Å². The Morgan fingerprint density at radius 1 is 1.28 bits per heavy atom. The Morgan fingerprint density at radius 2 is 2.00 bits per heavy atom. The van der Waals surface area contributed by atoms with Crippen LogP contribution in [0.2, 0.25) is 0 Å². The molecule has 1 aromatic heterocycles. The molecular formula is C23H33N3O3. The molecule has 1 aliphatic carbocycles. The zero-order valence-corrected chi connectivity index (χ0v) is 18.0. The van der Waals surface area contributed by atoms with Crippen molar-refractivity contribution in [2.75, 3.05) is 19.8 Å². The number of amides is 1. The van der Waals surface area contributed by atoms with Crippen LogP contribution in [0, 0.1) is 19.8 Å². The summed E-state index contributed by atoms with van der Waals surface area (Å²) in [6, 6.07) is 2.39. The van der Waals surface area contributed by atoms with Gasteiger partial charge in [0.05, 0.1) is 5.92 Å². The fourth-order valence-corrected chi connectivity index (χ4v) is 4.45. The Bertz CT molecular complexity index is 863. The molecule has 0 aromatic carbocycles. The number of nitrogens with one attached hydrogen (secondary N) is 2. The lowest BCUT2D eigenvalue weighted by Crippen LogP contribution is -2.41. The first kappa shape index (κ1) is 21.4. The summed E-state index contributed by atoms with van der Waals surface area (Å²) in [6.07, 6.45) is 6.98. The SMILES string of the molecule is CCN(C1=C(C)C(C(=O)NCc2c(C)cc(C)[nH]c2=O)CC=C1)C1CCOCC1. The van der Waals surface area contributed by atoms with Crippen molar-refractivity contribution >= 4 is 5.91 Å². The molecule has 0 bridgehead atoms. The number of hydrogen-bond donors (Lipinski definition) is 2. The number of aromatic nitrogens is 1. The summed E-state index contributed by atoms with van der Waals surface area (Å²) in [7, 11) is 0. The van der Waals surface area contributed by atoms with E-state index < -0.39 is 0 Å². The molecule has 1 aromatic rings. The minimum absolute atomic E-state index is 0.0215. The number of aromatic amines is 1. The van der Waals surface area contributed by atoms with Gasteiger partial charge >= 0.3 is 0 Å². The standard InChI is InChI=1S/C23H33N3O3/c1-5-26(18-9-11-29-12-10-18)21-8-6-7-19(17(21)4)22(27)24-14-20-15(2)13-16(3)25-23(20)28/h6,8,13,18-19H,5,7,9-12,14H2,1-4H3,(H,24,27)(H,25,28). The number of H-pyrrole nitrogens is 1. The van der Waals surface area contributed by atoms with Crippen LogP contribution < -0.4 is 10.9 Å². The number of rotatable bonds is 6. The molecule has 6 nitrogen and oxygen atoms in total. The van der Waals surface area contributed by atoms with Gasteiger partial charge in [0.15, 0.2) is 0 Å². The van der Waals surface area contributed by atoms with Crippen LogP contribution in [0.1, 0.15) is 49.9 Å². The molecule has 6 heteroatoms. The van der Waals surface area contributed by atoms with Gasteiger partial charge in [0, 0.05) is 49.3 Å². The summed E-state index contributed by atoms with van der Waals surface area (Å²) in [6.45, 7) is 10.8. The van der Waals surface area contributed by atoms with E-state index in [4.69, 9.17) is 4.74 Å². The van der Waals surface area contributed by atoms with Gasteiger partial charge in [-0.25, -0.2) is 0 Å². The van der Waals surface area contributed by atoms with Gasteiger partial charge in [0.25, 0.3) is 5.56 Å². The van der Waals surface area contributed by atoms with Crippen molar-refractivity contribution in [3.05, 3.63) is 56.7 Å². The fraction of sp³-hybridized carbons (Fsp3) is 0.565. The topological polar surface area (TPSA) is 74.4 Å². The maximum absolute atomic E-state index is 13.0. The van der Waals surface area contributed by atoms with Crippen molar-refractivity contribution in [1.82, 2.24) is 15.2 Å². The average Bonchev–Trinajstić information content (AvgIpc) is 2.69. The van der Waals surface area contributed by atoms with Crippen LogP contribution >= 0.6 is 0 Å². The van der Waals surface area contributed by atoms with E-state index in [1.165, 1.54) is 0 Å². The largest absolute Gasteiger partial charge is 0.381 e. The Hall–Kier alpha value is -2.34. The quantitative estimate of drug-likeness (QED) is 0.771. The molecule has 3 rings (SSSR count). The molecule has 2 aliphatic rings. The number of pyridine rings is 1. The van der Waals surface area contributed by atoms with Gasteiger partial charge in [-0.15, -0.1) is 0 Å². The van der Waals surface area contributed by atoms with Crippen molar-refractivity contribution in [3.63, 3.8) is 0 Å². The second-order valence-electron chi connectivity index (χ2n) is 8.05. The molecule has 158 valence electrons. The Labute approximate surface area is 173 Å². The van der Waals surface area contributed by atoms with Crippen LogP contribution in [0.3, 0.4) is 0 Å². The van der Waals surface area contributed by atoms with Gasteiger partial charge in [-0.3, -0.25) is 9.59 Å². The van der Waals surface area contributed by atoms with E-state index >= 15 is 0 Å². The van der Waals surface area contributed by atoms with Crippen LogP contribution in [0.4, 0.5) is 0 Å². The third kappa shape index (κ3) is 4.81. The highest BCUT2D eigenvalue weighted by atomic mass is 16.5. The normalized spacial score (nSPS) is 20.1. The van der Waals surface area contributed by atoms with Crippen LogP contribution in [0.15, 0.2) is 34.3 Å². The Kier molecular flexibility index (Phi) is 6.96. The third-order valence-corrected chi connectivity index (χ3v) is 6.11. The van der Waals surface area contributed by atoms with Gasteiger partial charge in [0.1, 0.15) is 0 Å². The first-order valence-corrected chi connectivity index (χ1v) is 10.6. The summed E-state index contributed by atoms with van der Waals surface area (Å²) in [5.41, 5.74) is 4.49. The van der Waals surface area contributed by atoms with Crippen molar-refractivity contribution < 1.29 is 9.53 Å². The predicted octanol–water partition coefficient (Wildman–Crippen LogP) is 2.96. The lowest BCUT2D eigenvalue weighted by atomic mass is 9.88. The van der Waals surface area contributed by atoms with Crippen molar-refractivity contribution in [1.29, 1.82) is 0 Å². The molecule has 1 fully saturated rings. The number of carbonyl (C=O) groups is 1. The van der Waals surface area contributed by atoms with Crippen LogP contribution in [-0.2, 0) is 16.1 Å². The molecule has 0 spiro atoms. The van der Waals surface area contributed by atoms with E-state index in [0.717, 1.165) is 55.1 Å². The smallest absolute Gasteiger partial charge is 0.253 e. The van der Waals surface area contributed by atoms with E-state index in [-0.39, 0.29) is 23.9 Å². The van der Waals surface area contributed by atoms with Crippen LogP contribution in [0.25, 0.3) is 0 Å². The minimum Gasteiger partial charge on any atom is -0.381 e. The molecule has 29 heavy (non-hydrogen) atoms. The van der Waals surface area contributed by atoms with E-state index in [1.54, 1.807) is 0 Å². The summed E-state index contributed by atoms with van der Waals surface area (Å²) < 4.78 is 5.52. The zero-order chi connectivity index (χ0) is 21.0. The maximum atomic E-state index is 13.0. The predicted molar refractivity (Wildman–Crippen MR) is 115 cm³/mol. The second kappa shape index (κ2) is 9.44. The molecule has 0 radical (unpaired) electrons. The highest BCUT2D eigenvalue weighted by Crippen LogP contribution is 2.30. The zero-order valence-electron chi connectivity index (χ0n) is 18.0. The van der Waals surface area contributed by atoms with Gasteiger partial charge in [-0.05, 0) is 70.2 Å². The van der Waals surface area contributed by atoms with Crippen molar-refractivity contribution in [2.45, 2.75) is 59.5 Å². The van der Waals surface area contributed by atoms with E-state index in [9.17, 15) is 9.59 Å². The molecule has 1 atom stereocenters. The highest BCUT2D eigenvalue weighted by molar-refractivity contribution is 5.82. The lowest BCUT2D eigenvalue weighted by molar-refractivity contribution is -0.124. The summed E-state index contributed by atoms with van der Waals surface area (Å²) in [4.78, 5) is 30.4. The number of aryl methyl sites for hydroxylation is 2. The average molecular weight is 400 g/mol. The summed E-state index contributed by atoms with van der Waals surface area (Å²) in [5, 5.41) is 2.99. The first-order valence-electron chi connectivity index (χ1n) is 10.6. The molecule has 0 saturated carbocycles. The number of ether oxygens (including phenoxy) is 1. The van der Waals surface area contributed by atoms with Crippen LogP contribution in [0.5, 0.6) is 0 Å². The lowest BCUT2D eigenvalue weighted by Gasteiger charge is -2.38. The van der Waals surface area contributed by atoms with E-state index in [2.05, 4.69) is 41.2 Å². The van der Waals surface area contributed by atoms with E-state index in [0.29, 0.717) is 18.0 Å². The third-order valence-electron chi connectivity index (χ3n) is 6.11. The van der Waals surface area contributed by atoms with Crippen LogP contribution in [-0.4, -0.2) is 41.6 Å². The molecule has 2 heterocycles. The number of hydrogen-bond acceptors (Lipinski definition) is 4. The number of allylic oxidation sites excluding steroid dienone is 2. The second-order valence-corrected chi connectivity index (χ2v) is 8.05. The maximum Gasteiger partial charge on any atom is 0.253 e. The Balaban J connectivity index is 1.73. The Morgan fingerprint density at radius 3 is 2.66 bits per heavy atom. The highest BCUT2D eigenvalue weighted by Gasteiger charge is 2.29.